The summed E-state index contributed by atoms with van der Waals surface area (Å²) in [5, 5.41) is 0. The average Bonchev–Trinajstić information content (AvgIpc) is 2.20. The van der Waals surface area contributed by atoms with Crippen molar-refractivity contribution in [1.29, 1.82) is 0 Å². The van der Waals surface area contributed by atoms with Gasteiger partial charge in [0.25, 0.3) is 0 Å². The molecule has 0 aliphatic rings. The van der Waals surface area contributed by atoms with Crippen molar-refractivity contribution in [3.63, 3.8) is 0 Å². The number of rotatable bonds is 3. The Morgan fingerprint density at radius 3 is 2.60 bits per heavy atom. The van der Waals surface area contributed by atoms with E-state index in [1.54, 1.807) is 0 Å². The molecule has 1 aromatic rings. The van der Waals surface area contributed by atoms with Crippen LogP contribution < -0.4 is 9.89 Å². The van der Waals surface area contributed by atoms with E-state index < -0.39 is 0 Å². The van der Waals surface area contributed by atoms with Crippen molar-refractivity contribution in [3.8, 4) is 0 Å². The van der Waals surface area contributed by atoms with E-state index in [0.717, 1.165) is 16.8 Å². The second-order valence-corrected chi connectivity index (χ2v) is 3.52. The van der Waals surface area contributed by atoms with Gasteiger partial charge in [-0.25, -0.2) is 0 Å². The van der Waals surface area contributed by atoms with Gasteiger partial charge in [0.15, 0.2) is 6.21 Å². The van der Waals surface area contributed by atoms with Crippen LogP contribution in [0.1, 0.15) is 11.1 Å². The predicted octanol–water partition coefficient (Wildman–Crippen LogP) is 0.606. The highest BCUT2D eigenvalue weighted by Gasteiger charge is 1.98. The molecule has 0 unspecified atom stereocenters. The molecule has 0 aliphatic heterocycles. The number of hydrogen-bond donors (Lipinski definition) is 1. The van der Waals surface area contributed by atoms with Gasteiger partial charge in [0, 0.05) is 25.9 Å². The van der Waals surface area contributed by atoms with Crippen LogP contribution >= 0.6 is 0 Å². The fourth-order valence-electron chi connectivity index (χ4n) is 1.24. The molecule has 1 rings (SSSR count). The lowest BCUT2D eigenvalue weighted by atomic mass is 10.1. The maximum atomic E-state index is 5.93. The molecule has 0 saturated carbocycles. The first-order valence-corrected chi connectivity index (χ1v) is 4.89. The Labute approximate surface area is 92.0 Å². The van der Waals surface area contributed by atoms with Gasteiger partial charge in [0.05, 0.1) is 0 Å². The summed E-state index contributed by atoms with van der Waals surface area (Å²) in [7, 11) is 5.86. The number of hydrogen-bond acceptors (Lipinski definition) is 1. The van der Waals surface area contributed by atoms with E-state index in [4.69, 9.17) is 6.92 Å². The monoisotopic (exact) mass is 201 g/mol. The van der Waals surface area contributed by atoms with Crippen LogP contribution in [0.4, 0.5) is 5.69 Å². The van der Waals surface area contributed by atoms with Crippen molar-refractivity contribution in [3.05, 3.63) is 42.3 Å². The van der Waals surface area contributed by atoms with Crippen LogP contribution in [0.2, 0.25) is 0 Å². The van der Waals surface area contributed by atoms with E-state index >= 15 is 0 Å². The van der Waals surface area contributed by atoms with Crippen LogP contribution in [0.15, 0.2) is 24.3 Å². The maximum absolute atomic E-state index is 5.93. The topological polar surface area (TPSA) is 17.2 Å². The lowest BCUT2D eigenvalue weighted by molar-refractivity contribution is -0.413. The molecule has 0 aromatic heterocycles. The summed E-state index contributed by atoms with van der Waals surface area (Å²) < 4.78 is 0. The van der Waals surface area contributed by atoms with Gasteiger partial charge in [-0.15, -0.1) is 0 Å². The van der Waals surface area contributed by atoms with Gasteiger partial charge in [-0.05, 0) is 36.3 Å². The highest BCUT2D eigenvalue weighted by Crippen LogP contribution is 2.17. The van der Waals surface area contributed by atoms with Gasteiger partial charge in [0.1, 0.15) is 7.05 Å². The largest absolute Gasteiger partial charge is 0.378 e. The number of nitrogens with zero attached hydrogens (tertiary/aromatic N) is 1. The molecule has 2 heteroatoms. The Kier molecular flexibility index (Phi) is 4.10. The van der Waals surface area contributed by atoms with E-state index in [2.05, 4.69) is 11.1 Å². The molecule has 0 heterocycles. The average molecular weight is 201 g/mol. The molecule has 0 fully saturated rings. The van der Waals surface area contributed by atoms with Gasteiger partial charge in [0.2, 0.25) is 0 Å². The molecule has 2 nitrogen and oxygen atoms in total. The fourth-order valence-corrected chi connectivity index (χ4v) is 1.24. The van der Waals surface area contributed by atoms with E-state index in [9.17, 15) is 0 Å². The van der Waals surface area contributed by atoms with Crippen molar-refractivity contribution in [2.45, 2.75) is 0 Å². The highest BCUT2D eigenvalue weighted by atomic mass is 15.1. The molecular weight excluding hydrogens is 184 g/mol. The lowest BCUT2D eigenvalue weighted by Gasteiger charge is -2.13. The van der Waals surface area contributed by atoms with Crippen molar-refractivity contribution in [1.82, 2.24) is 0 Å². The van der Waals surface area contributed by atoms with Crippen molar-refractivity contribution >= 4 is 18.0 Å². The summed E-state index contributed by atoms with van der Waals surface area (Å²) in [6.07, 6.45) is 5.77. The van der Waals surface area contributed by atoms with Crippen LogP contribution in [0.5, 0.6) is 0 Å². The summed E-state index contributed by atoms with van der Waals surface area (Å²) in [6, 6.07) is 6.04. The Morgan fingerprint density at radius 1 is 1.33 bits per heavy atom. The molecular formula is C13H17N2+. The third-order valence-corrected chi connectivity index (χ3v) is 2.13. The standard InChI is InChI=1S/C13H16N2/c1-11-10-13(15(3)4)8-7-12(11)6-5-9-14-2/h1,5-10H,2-4H3/p+1. The Hall–Kier alpha value is -1.57. The van der Waals surface area contributed by atoms with Gasteiger partial charge in [-0.3, -0.25) is 4.99 Å². The first kappa shape index (κ1) is 11.5. The number of benzene rings is 1. The molecule has 0 bridgehead atoms. The van der Waals surface area contributed by atoms with E-state index in [1.165, 1.54) is 0 Å². The number of nitrogens with one attached hydrogen (secondary N) is 1. The lowest BCUT2D eigenvalue weighted by Crippen LogP contribution is -2.62. The van der Waals surface area contributed by atoms with Gasteiger partial charge in [-0.2, -0.15) is 0 Å². The Morgan fingerprint density at radius 2 is 2.07 bits per heavy atom. The third kappa shape index (κ3) is 3.24. The van der Waals surface area contributed by atoms with E-state index in [1.807, 2.05) is 56.5 Å². The molecule has 0 saturated heterocycles. The van der Waals surface area contributed by atoms with Gasteiger partial charge < -0.3 is 4.90 Å². The zero-order chi connectivity index (χ0) is 11.3. The molecule has 15 heavy (non-hydrogen) atoms. The van der Waals surface area contributed by atoms with Crippen LogP contribution in [0.3, 0.4) is 0 Å². The predicted molar refractivity (Wildman–Crippen MR) is 66.2 cm³/mol. The second kappa shape index (κ2) is 5.35. The van der Waals surface area contributed by atoms with Crippen LogP contribution in [-0.2, 0) is 0 Å². The summed E-state index contributed by atoms with van der Waals surface area (Å²) in [5.41, 5.74) is 2.94. The minimum Gasteiger partial charge on any atom is -0.378 e. The summed E-state index contributed by atoms with van der Waals surface area (Å²) >= 11 is 0. The highest BCUT2D eigenvalue weighted by molar-refractivity contribution is 5.75. The smallest absolute Gasteiger partial charge is 0.161 e. The third-order valence-electron chi connectivity index (χ3n) is 2.13. The molecule has 78 valence electrons. The quantitative estimate of drug-likeness (QED) is 0.709. The van der Waals surface area contributed by atoms with Crippen LogP contribution in [-0.4, -0.2) is 27.4 Å². The maximum Gasteiger partial charge on any atom is 0.161 e. The van der Waals surface area contributed by atoms with Crippen molar-refractivity contribution < 1.29 is 4.99 Å². The second-order valence-electron chi connectivity index (χ2n) is 3.52. The molecule has 0 spiro atoms. The Bertz CT molecular complexity index is 376. The first-order valence-electron chi connectivity index (χ1n) is 4.89. The van der Waals surface area contributed by atoms with Gasteiger partial charge in [-0.1, -0.05) is 6.07 Å². The normalized spacial score (nSPS) is 11.5. The van der Waals surface area contributed by atoms with E-state index in [0.29, 0.717) is 0 Å². The summed E-state index contributed by atoms with van der Waals surface area (Å²) in [5.74, 6) is 0. The zero-order valence-corrected chi connectivity index (χ0v) is 9.49. The molecule has 0 amide bonds. The number of anilines is 1. The van der Waals surface area contributed by atoms with Crippen molar-refractivity contribution in [2.75, 3.05) is 26.0 Å². The van der Waals surface area contributed by atoms with Gasteiger partial charge >= 0.3 is 0 Å². The van der Waals surface area contributed by atoms with Crippen LogP contribution in [0.25, 0.3) is 6.08 Å². The Balaban J connectivity index is 2.93. The van der Waals surface area contributed by atoms with Crippen molar-refractivity contribution in [2.24, 2.45) is 0 Å². The summed E-state index contributed by atoms with van der Waals surface area (Å²) in [4.78, 5) is 4.96. The SMILES string of the molecule is [CH]c1cc(N(C)C)ccc1C=CC=[NH+]C. The van der Waals surface area contributed by atoms with E-state index in [-0.39, 0.29) is 0 Å². The minimum absolute atomic E-state index is 0.793. The van der Waals surface area contributed by atoms with Crippen LogP contribution in [0, 0.1) is 6.92 Å². The number of allylic oxidation sites excluding steroid dienone is 1. The molecule has 1 aromatic carbocycles. The summed E-state index contributed by atoms with van der Waals surface area (Å²) in [6.45, 7) is 5.93. The first-order chi connectivity index (χ1) is 7.15. The molecule has 0 aliphatic carbocycles. The molecule has 1 N–H and O–H groups in total. The zero-order valence-electron chi connectivity index (χ0n) is 9.49. The molecule has 2 radical (unpaired) electrons. The minimum atomic E-state index is 0.793. The fraction of sp³-hybridized carbons (Fsp3) is 0.231. The molecule has 0 atom stereocenters.